The van der Waals surface area contributed by atoms with Crippen molar-refractivity contribution in [2.45, 2.75) is 31.1 Å². The molecule has 0 N–H and O–H groups in total. The van der Waals surface area contributed by atoms with Crippen LogP contribution < -0.4 is 9.47 Å². The van der Waals surface area contributed by atoms with Gasteiger partial charge in [0.25, 0.3) is 5.91 Å². The summed E-state index contributed by atoms with van der Waals surface area (Å²) in [7, 11) is 3.23. The molecule has 35 heavy (non-hydrogen) atoms. The number of methoxy groups -OCH3 is 2. The molecule has 1 atom stereocenters. The van der Waals surface area contributed by atoms with Crippen molar-refractivity contribution in [1.82, 2.24) is 9.91 Å². The van der Waals surface area contributed by atoms with E-state index in [4.69, 9.17) is 35.6 Å². The normalized spacial score (nSPS) is 21.9. The van der Waals surface area contributed by atoms with Crippen molar-refractivity contribution < 1.29 is 23.7 Å². The molecule has 1 amide bonds. The summed E-state index contributed by atoms with van der Waals surface area (Å²) in [5.74, 6) is 0.798. The van der Waals surface area contributed by atoms with E-state index in [1.54, 1.807) is 19.2 Å². The second-order valence-electron chi connectivity index (χ2n) is 8.98. The van der Waals surface area contributed by atoms with Crippen molar-refractivity contribution in [3.63, 3.8) is 0 Å². The van der Waals surface area contributed by atoms with Gasteiger partial charge in [0.2, 0.25) is 0 Å². The maximum absolute atomic E-state index is 13.6. The number of ether oxygens (including phenoxy) is 4. The average Bonchev–Trinajstić information content (AvgIpc) is 3.53. The summed E-state index contributed by atoms with van der Waals surface area (Å²) in [5.41, 5.74) is 2.48. The van der Waals surface area contributed by atoms with Crippen LogP contribution in [0.4, 0.5) is 0 Å². The molecule has 2 aromatic rings. The molecule has 0 aliphatic carbocycles. The summed E-state index contributed by atoms with van der Waals surface area (Å²) in [4.78, 5) is 15.8. The lowest BCUT2D eigenvalue weighted by molar-refractivity contribution is -0.186. The van der Waals surface area contributed by atoms with Crippen LogP contribution in [0.5, 0.6) is 11.5 Å². The number of hydrogen-bond donors (Lipinski definition) is 0. The van der Waals surface area contributed by atoms with E-state index in [1.165, 1.54) is 0 Å². The lowest BCUT2D eigenvalue weighted by Crippen LogP contribution is -2.48. The zero-order chi connectivity index (χ0) is 24.4. The smallest absolute Gasteiger partial charge is 0.257 e. The van der Waals surface area contributed by atoms with E-state index in [-0.39, 0.29) is 18.5 Å². The number of carbonyl (C=O) groups is 1. The molecular weight excluding hydrogens is 470 g/mol. The number of benzene rings is 2. The highest BCUT2D eigenvalue weighted by Crippen LogP contribution is 2.40. The third-order valence-corrected chi connectivity index (χ3v) is 7.27. The van der Waals surface area contributed by atoms with E-state index >= 15 is 0 Å². The first-order valence-corrected chi connectivity index (χ1v) is 12.3. The molecule has 2 aromatic carbocycles. The molecule has 3 heterocycles. The fourth-order valence-corrected chi connectivity index (χ4v) is 5.28. The van der Waals surface area contributed by atoms with E-state index < -0.39 is 5.79 Å². The van der Waals surface area contributed by atoms with Crippen molar-refractivity contribution >= 4 is 23.2 Å². The monoisotopic (exact) mass is 499 g/mol. The summed E-state index contributed by atoms with van der Waals surface area (Å²) in [6.45, 7) is 3.01. The molecule has 1 spiro atoms. The summed E-state index contributed by atoms with van der Waals surface area (Å²) in [5, 5.41) is 6.99. The van der Waals surface area contributed by atoms with Gasteiger partial charge in [0.1, 0.15) is 11.5 Å². The molecule has 8 nitrogen and oxygen atoms in total. The Morgan fingerprint density at radius 1 is 1.11 bits per heavy atom. The number of likely N-dealkylation sites (tertiary alicyclic amines) is 1. The molecule has 186 valence electrons. The Kier molecular flexibility index (Phi) is 6.98. The third kappa shape index (κ3) is 4.89. The second-order valence-corrected chi connectivity index (χ2v) is 9.38. The summed E-state index contributed by atoms with van der Waals surface area (Å²) >= 11 is 6.48. The number of amides is 1. The van der Waals surface area contributed by atoms with Crippen LogP contribution in [0.2, 0.25) is 5.02 Å². The second kappa shape index (κ2) is 10.1. The van der Waals surface area contributed by atoms with E-state index in [9.17, 15) is 4.79 Å². The zero-order valence-electron chi connectivity index (χ0n) is 20.0. The topological polar surface area (TPSA) is 72.8 Å². The highest BCUT2D eigenvalue weighted by Gasteiger charge is 2.41. The number of piperidine rings is 1. The standard InChI is InChI=1S/C26H30ClN3O5/c1-32-18-7-8-20(24(15-18)33-2)23-16-22(19-5-3-4-6-21(19)27)28-30(23)25(31)17-29-11-9-26(10-12-29)34-13-14-35-26/h3-8,15,23H,9-14,16-17H2,1-2H3/t23-/m1/s1. The summed E-state index contributed by atoms with van der Waals surface area (Å²) in [6.07, 6.45) is 2.04. The van der Waals surface area contributed by atoms with Crippen molar-refractivity contribution in [1.29, 1.82) is 0 Å². The largest absolute Gasteiger partial charge is 0.497 e. The minimum absolute atomic E-state index is 0.0702. The molecule has 0 saturated carbocycles. The van der Waals surface area contributed by atoms with Gasteiger partial charge in [-0.15, -0.1) is 0 Å². The van der Waals surface area contributed by atoms with Gasteiger partial charge in [-0.3, -0.25) is 9.69 Å². The summed E-state index contributed by atoms with van der Waals surface area (Å²) < 4.78 is 22.7. The van der Waals surface area contributed by atoms with Gasteiger partial charge < -0.3 is 18.9 Å². The molecule has 5 rings (SSSR count). The van der Waals surface area contributed by atoms with Crippen molar-refractivity contribution in [3.05, 3.63) is 58.6 Å². The third-order valence-electron chi connectivity index (χ3n) is 6.94. The molecule has 9 heteroatoms. The lowest BCUT2D eigenvalue weighted by atomic mass is 9.97. The fourth-order valence-electron chi connectivity index (χ4n) is 5.04. The molecule has 2 fully saturated rings. The van der Waals surface area contributed by atoms with E-state index in [1.807, 2.05) is 42.5 Å². The summed E-state index contributed by atoms with van der Waals surface area (Å²) in [6, 6.07) is 12.9. The Balaban J connectivity index is 1.39. The molecule has 0 unspecified atom stereocenters. The van der Waals surface area contributed by atoms with Crippen LogP contribution in [0.1, 0.15) is 36.4 Å². The van der Waals surface area contributed by atoms with Crippen LogP contribution >= 0.6 is 11.6 Å². The number of hydrazone groups is 1. The van der Waals surface area contributed by atoms with Crippen LogP contribution in [-0.4, -0.2) is 74.4 Å². The Labute approximate surface area is 210 Å². The predicted octanol–water partition coefficient (Wildman–Crippen LogP) is 3.87. The Bertz CT molecular complexity index is 1110. The Morgan fingerprint density at radius 3 is 2.54 bits per heavy atom. The SMILES string of the molecule is COc1ccc([C@H]2CC(c3ccccc3Cl)=NN2C(=O)CN2CCC3(CC2)OCCO3)c(OC)c1. The van der Waals surface area contributed by atoms with Gasteiger partial charge in [-0.1, -0.05) is 29.8 Å². The van der Waals surface area contributed by atoms with Gasteiger partial charge in [-0.05, 0) is 18.2 Å². The van der Waals surface area contributed by atoms with E-state index in [0.29, 0.717) is 36.2 Å². The van der Waals surface area contributed by atoms with Gasteiger partial charge in [-0.25, -0.2) is 5.01 Å². The fraction of sp³-hybridized carbons (Fsp3) is 0.462. The Hall–Kier alpha value is -2.65. The van der Waals surface area contributed by atoms with Crippen LogP contribution in [0, 0.1) is 0 Å². The molecule has 0 radical (unpaired) electrons. The number of hydrogen-bond acceptors (Lipinski definition) is 7. The van der Waals surface area contributed by atoms with Crippen molar-refractivity contribution in [2.24, 2.45) is 5.10 Å². The molecule has 0 bridgehead atoms. The average molecular weight is 500 g/mol. The van der Waals surface area contributed by atoms with E-state index in [0.717, 1.165) is 42.8 Å². The number of nitrogens with zero attached hydrogens (tertiary/aromatic N) is 3. The van der Waals surface area contributed by atoms with Crippen LogP contribution in [0.15, 0.2) is 47.6 Å². The minimum Gasteiger partial charge on any atom is -0.497 e. The van der Waals surface area contributed by atoms with Gasteiger partial charge >= 0.3 is 0 Å². The van der Waals surface area contributed by atoms with Gasteiger partial charge in [0.15, 0.2) is 5.79 Å². The van der Waals surface area contributed by atoms with Gasteiger partial charge in [0, 0.05) is 54.6 Å². The maximum atomic E-state index is 13.6. The first kappa shape index (κ1) is 24.1. The molecule has 0 aromatic heterocycles. The minimum atomic E-state index is -0.471. The quantitative estimate of drug-likeness (QED) is 0.600. The van der Waals surface area contributed by atoms with Crippen LogP contribution in [0.25, 0.3) is 0 Å². The highest BCUT2D eigenvalue weighted by molar-refractivity contribution is 6.34. The zero-order valence-corrected chi connectivity index (χ0v) is 20.8. The van der Waals surface area contributed by atoms with Crippen molar-refractivity contribution in [3.8, 4) is 11.5 Å². The number of rotatable bonds is 6. The van der Waals surface area contributed by atoms with Gasteiger partial charge in [0.05, 0.1) is 45.7 Å². The Morgan fingerprint density at radius 2 is 1.86 bits per heavy atom. The molecule has 3 aliphatic rings. The molecule has 3 aliphatic heterocycles. The highest BCUT2D eigenvalue weighted by atomic mass is 35.5. The maximum Gasteiger partial charge on any atom is 0.257 e. The lowest BCUT2D eigenvalue weighted by Gasteiger charge is -2.37. The number of halogens is 1. The first-order valence-electron chi connectivity index (χ1n) is 11.9. The molecule has 2 saturated heterocycles. The first-order chi connectivity index (χ1) is 17.0. The molecular formula is C26H30ClN3O5. The van der Waals surface area contributed by atoms with Crippen molar-refractivity contribution in [2.75, 3.05) is 47.1 Å². The number of carbonyl (C=O) groups excluding carboxylic acids is 1. The predicted molar refractivity (Wildman–Crippen MR) is 132 cm³/mol. The van der Waals surface area contributed by atoms with Crippen LogP contribution in [-0.2, 0) is 14.3 Å². The van der Waals surface area contributed by atoms with Gasteiger partial charge in [-0.2, -0.15) is 5.10 Å². The van der Waals surface area contributed by atoms with Crippen LogP contribution in [0.3, 0.4) is 0 Å². The van der Waals surface area contributed by atoms with E-state index in [2.05, 4.69) is 4.90 Å².